The van der Waals surface area contributed by atoms with Crippen molar-refractivity contribution in [2.45, 2.75) is 39.3 Å². The lowest BCUT2D eigenvalue weighted by molar-refractivity contribution is 0.0494. The third-order valence-corrected chi connectivity index (χ3v) is 3.97. The Balaban J connectivity index is 1.97. The molecule has 1 aliphatic rings. The summed E-state index contributed by atoms with van der Waals surface area (Å²) in [7, 11) is 1.62. The summed E-state index contributed by atoms with van der Waals surface area (Å²) in [6.07, 6.45) is 1.81. The molecule has 1 aromatic heterocycles. The molecule has 0 radical (unpaired) electrons. The molecule has 2 heterocycles. The first-order valence-corrected chi connectivity index (χ1v) is 8.15. The largest absolute Gasteiger partial charge is 0.382 e. The zero-order valence-corrected chi connectivity index (χ0v) is 14.2. The van der Waals surface area contributed by atoms with Crippen LogP contribution in [-0.4, -0.2) is 65.9 Å². The predicted molar refractivity (Wildman–Crippen MR) is 82.8 cm³/mol. The van der Waals surface area contributed by atoms with E-state index in [4.69, 9.17) is 14.0 Å². The third-order valence-electron chi connectivity index (χ3n) is 3.97. The molecule has 0 aromatic carbocycles. The molecule has 2 amide bonds. The lowest BCUT2D eigenvalue weighted by Gasteiger charge is -2.29. The monoisotopic (exact) mass is 326 g/mol. The number of rotatable bonds is 8. The third kappa shape index (κ3) is 4.42. The molecule has 130 valence electrons. The zero-order valence-electron chi connectivity index (χ0n) is 14.2. The molecule has 8 heteroatoms. The molecule has 0 aliphatic carbocycles. The fraction of sp³-hybridized carbons (Fsp3) is 0.800. The maximum absolute atomic E-state index is 12.6. The topological polar surface area (TPSA) is 80.9 Å². The van der Waals surface area contributed by atoms with E-state index in [9.17, 15) is 4.79 Å². The van der Waals surface area contributed by atoms with Crippen molar-refractivity contribution in [1.29, 1.82) is 0 Å². The van der Waals surface area contributed by atoms with Crippen LogP contribution in [-0.2, 0) is 16.1 Å². The number of amides is 2. The molecule has 23 heavy (non-hydrogen) atoms. The fourth-order valence-electron chi connectivity index (χ4n) is 2.70. The van der Waals surface area contributed by atoms with Crippen molar-refractivity contribution in [1.82, 2.24) is 19.9 Å². The average molecular weight is 326 g/mol. The number of ether oxygens (including phenoxy) is 2. The average Bonchev–Trinajstić information content (AvgIpc) is 3.21. The van der Waals surface area contributed by atoms with Gasteiger partial charge in [-0.15, -0.1) is 0 Å². The number of hydrogen-bond donors (Lipinski definition) is 0. The molecule has 0 spiro atoms. The molecular weight excluding hydrogens is 300 g/mol. The van der Waals surface area contributed by atoms with Gasteiger partial charge in [0, 0.05) is 26.7 Å². The summed E-state index contributed by atoms with van der Waals surface area (Å²) in [6.45, 7) is 7.35. The smallest absolute Gasteiger partial charge is 0.320 e. The van der Waals surface area contributed by atoms with Gasteiger partial charge in [0.2, 0.25) is 0 Å². The molecule has 0 N–H and O–H groups in total. The van der Waals surface area contributed by atoms with Gasteiger partial charge in [0.05, 0.1) is 19.3 Å². The van der Waals surface area contributed by atoms with Gasteiger partial charge in [-0.3, -0.25) is 0 Å². The Labute approximate surface area is 136 Å². The number of likely N-dealkylation sites (tertiary alicyclic amines) is 1. The normalized spacial score (nSPS) is 17.7. The lowest BCUT2D eigenvalue weighted by atomic mass is 10.2. The number of carbonyl (C=O) groups excluding carboxylic acids is 1. The van der Waals surface area contributed by atoms with Crippen LogP contribution in [0.2, 0.25) is 0 Å². The summed E-state index contributed by atoms with van der Waals surface area (Å²) in [5.41, 5.74) is 0. The van der Waals surface area contributed by atoms with E-state index < -0.39 is 0 Å². The summed E-state index contributed by atoms with van der Waals surface area (Å²) in [5.74, 6) is 0.992. The van der Waals surface area contributed by atoms with Crippen LogP contribution in [0.4, 0.5) is 4.79 Å². The van der Waals surface area contributed by atoms with Crippen LogP contribution >= 0.6 is 0 Å². The molecule has 1 aromatic rings. The minimum Gasteiger partial charge on any atom is -0.382 e. The molecule has 0 bridgehead atoms. The van der Waals surface area contributed by atoms with Crippen LogP contribution < -0.4 is 0 Å². The van der Waals surface area contributed by atoms with Gasteiger partial charge >= 0.3 is 6.03 Å². The van der Waals surface area contributed by atoms with E-state index in [1.165, 1.54) is 0 Å². The van der Waals surface area contributed by atoms with Crippen LogP contribution in [0.1, 0.15) is 44.4 Å². The Morgan fingerprint density at radius 2 is 2.17 bits per heavy atom. The molecule has 0 saturated carbocycles. The van der Waals surface area contributed by atoms with E-state index in [-0.39, 0.29) is 18.7 Å². The Bertz CT molecular complexity index is 490. The molecule has 1 fully saturated rings. The number of methoxy groups -OCH3 is 1. The molecule has 1 unspecified atom stereocenters. The first kappa shape index (κ1) is 17.7. The van der Waals surface area contributed by atoms with Gasteiger partial charge in [0.25, 0.3) is 5.89 Å². The molecule has 1 aliphatic heterocycles. The summed E-state index contributed by atoms with van der Waals surface area (Å²) >= 11 is 0. The highest BCUT2D eigenvalue weighted by Crippen LogP contribution is 2.31. The lowest BCUT2D eigenvalue weighted by Crippen LogP contribution is -2.42. The minimum atomic E-state index is -0.112. The second kappa shape index (κ2) is 8.83. The zero-order chi connectivity index (χ0) is 16.7. The van der Waals surface area contributed by atoms with Gasteiger partial charge in [-0.05, 0) is 26.7 Å². The van der Waals surface area contributed by atoms with Crippen molar-refractivity contribution in [2.24, 2.45) is 0 Å². The van der Waals surface area contributed by atoms with Crippen LogP contribution in [0.3, 0.4) is 0 Å². The standard InChI is InChI=1S/C15H26N4O4/c1-4-18(5-2)15(20)19-8-6-7-12(19)14-16-13(23-17-14)11-22-10-9-21-3/h12H,4-11H2,1-3H3. The fourth-order valence-corrected chi connectivity index (χ4v) is 2.70. The van der Waals surface area contributed by atoms with E-state index in [0.29, 0.717) is 38.0 Å². The number of hydrogen-bond acceptors (Lipinski definition) is 6. The number of nitrogens with zero attached hydrogens (tertiary/aromatic N) is 4. The molecule has 1 saturated heterocycles. The first-order valence-electron chi connectivity index (χ1n) is 8.15. The number of carbonyl (C=O) groups is 1. The number of urea groups is 1. The predicted octanol–water partition coefficient (Wildman–Crippen LogP) is 1.83. The van der Waals surface area contributed by atoms with Crippen LogP contribution in [0.15, 0.2) is 4.52 Å². The van der Waals surface area contributed by atoms with Gasteiger partial charge in [0.1, 0.15) is 6.61 Å². The summed E-state index contributed by atoms with van der Waals surface area (Å²) in [5, 5.41) is 4.03. The number of aromatic nitrogens is 2. The Hall–Kier alpha value is -1.67. The van der Waals surface area contributed by atoms with Gasteiger partial charge in [-0.25, -0.2) is 4.79 Å². The molecular formula is C15H26N4O4. The summed E-state index contributed by atoms with van der Waals surface area (Å²) < 4.78 is 15.5. The Kier molecular flexibility index (Phi) is 6.79. The van der Waals surface area contributed by atoms with E-state index in [1.54, 1.807) is 7.11 Å². The van der Waals surface area contributed by atoms with E-state index in [1.807, 2.05) is 23.6 Å². The molecule has 2 rings (SSSR count). The van der Waals surface area contributed by atoms with Gasteiger partial charge in [-0.2, -0.15) is 4.98 Å². The SMILES string of the molecule is CCN(CC)C(=O)N1CCCC1c1noc(COCCOC)n1. The highest BCUT2D eigenvalue weighted by molar-refractivity contribution is 5.75. The van der Waals surface area contributed by atoms with Gasteiger partial charge in [-0.1, -0.05) is 5.16 Å². The van der Waals surface area contributed by atoms with Gasteiger partial charge < -0.3 is 23.8 Å². The van der Waals surface area contributed by atoms with E-state index in [2.05, 4.69) is 10.1 Å². The molecule has 1 atom stereocenters. The van der Waals surface area contributed by atoms with Crippen molar-refractivity contribution < 1.29 is 18.8 Å². The first-order chi connectivity index (χ1) is 11.2. The van der Waals surface area contributed by atoms with Crippen LogP contribution in [0.25, 0.3) is 0 Å². The van der Waals surface area contributed by atoms with Crippen molar-refractivity contribution in [3.8, 4) is 0 Å². The van der Waals surface area contributed by atoms with Crippen molar-refractivity contribution in [3.63, 3.8) is 0 Å². The Morgan fingerprint density at radius 3 is 2.87 bits per heavy atom. The van der Waals surface area contributed by atoms with Crippen molar-refractivity contribution in [2.75, 3.05) is 40.0 Å². The van der Waals surface area contributed by atoms with Crippen LogP contribution in [0.5, 0.6) is 0 Å². The maximum atomic E-state index is 12.6. The van der Waals surface area contributed by atoms with Crippen LogP contribution in [0, 0.1) is 0 Å². The van der Waals surface area contributed by atoms with Crippen molar-refractivity contribution in [3.05, 3.63) is 11.7 Å². The van der Waals surface area contributed by atoms with E-state index >= 15 is 0 Å². The second-order valence-electron chi connectivity index (χ2n) is 5.40. The highest BCUT2D eigenvalue weighted by Gasteiger charge is 2.35. The Morgan fingerprint density at radius 1 is 1.39 bits per heavy atom. The van der Waals surface area contributed by atoms with Gasteiger partial charge in [0.15, 0.2) is 5.82 Å². The van der Waals surface area contributed by atoms with Crippen molar-refractivity contribution >= 4 is 6.03 Å². The highest BCUT2D eigenvalue weighted by atomic mass is 16.5. The minimum absolute atomic E-state index is 0.0418. The van der Waals surface area contributed by atoms with E-state index in [0.717, 1.165) is 19.4 Å². The summed E-state index contributed by atoms with van der Waals surface area (Å²) in [6, 6.07) is -0.0697. The second-order valence-corrected chi connectivity index (χ2v) is 5.40. The quantitative estimate of drug-likeness (QED) is 0.678. The molecule has 8 nitrogen and oxygen atoms in total. The summed E-state index contributed by atoms with van der Waals surface area (Å²) in [4.78, 5) is 20.6. The maximum Gasteiger partial charge on any atom is 0.320 e.